The van der Waals surface area contributed by atoms with Crippen LogP contribution >= 0.6 is 0 Å². The van der Waals surface area contributed by atoms with Crippen molar-refractivity contribution in [3.8, 4) is 11.5 Å². The molecule has 2 aromatic rings. The maximum absolute atomic E-state index is 12.0. The quantitative estimate of drug-likeness (QED) is 0.728. The van der Waals surface area contributed by atoms with Gasteiger partial charge in [0.15, 0.2) is 9.84 Å². The highest BCUT2D eigenvalue weighted by molar-refractivity contribution is 7.90. The molecule has 23 heavy (non-hydrogen) atoms. The Morgan fingerprint density at radius 1 is 1.13 bits per heavy atom. The maximum Gasteiger partial charge on any atom is 0.179 e. The summed E-state index contributed by atoms with van der Waals surface area (Å²) < 4.78 is 40.3. The van der Waals surface area contributed by atoms with Crippen LogP contribution in [0.4, 0.5) is 0 Å². The van der Waals surface area contributed by atoms with Gasteiger partial charge in [-0.15, -0.1) is 0 Å². The molecule has 2 aromatic carbocycles. The van der Waals surface area contributed by atoms with Gasteiger partial charge in [-0.05, 0) is 17.7 Å². The molecular formula is C17H18O5S. The van der Waals surface area contributed by atoms with E-state index in [1.807, 2.05) is 30.3 Å². The molecular weight excluding hydrogens is 316 g/mol. The zero-order valence-electron chi connectivity index (χ0n) is 12.8. The van der Waals surface area contributed by atoms with Crippen molar-refractivity contribution in [2.75, 3.05) is 19.5 Å². The van der Waals surface area contributed by atoms with Crippen molar-refractivity contribution < 1.29 is 22.6 Å². The molecule has 0 aliphatic carbocycles. The summed E-state index contributed by atoms with van der Waals surface area (Å²) in [5, 5.41) is 0. The number of rotatable bonds is 7. The molecule has 1 saturated heterocycles. The standard InChI is InChI=1S/C17H18O5S/c1-23(18,19)17-9-14(20-11-15-12-21-15)7-8-16(17)22-10-13-5-3-2-4-6-13/h2-9,15H,10-12H2,1H3/t15-/m0/s1. The van der Waals surface area contributed by atoms with Crippen LogP contribution in [0.2, 0.25) is 0 Å². The highest BCUT2D eigenvalue weighted by atomic mass is 32.2. The van der Waals surface area contributed by atoms with Crippen LogP contribution in [-0.4, -0.2) is 34.0 Å². The lowest BCUT2D eigenvalue weighted by Crippen LogP contribution is -2.07. The zero-order chi connectivity index (χ0) is 16.3. The van der Waals surface area contributed by atoms with Gasteiger partial charge in [-0.2, -0.15) is 0 Å². The van der Waals surface area contributed by atoms with E-state index in [1.54, 1.807) is 12.1 Å². The van der Waals surface area contributed by atoms with Crippen molar-refractivity contribution in [2.24, 2.45) is 0 Å². The Morgan fingerprint density at radius 3 is 2.52 bits per heavy atom. The van der Waals surface area contributed by atoms with Gasteiger partial charge in [-0.1, -0.05) is 30.3 Å². The predicted octanol–water partition coefficient (Wildman–Crippen LogP) is 2.45. The average molecular weight is 334 g/mol. The second-order valence-electron chi connectivity index (χ2n) is 5.42. The summed E-state index contributed by atoms with van der Waals surface area (Å²) in [6, 6.07) is 14.4. The van der Waals surface area contributed by atoms with Gasteiger partial charge in [0.05, 0.1) is 6.61 Å². The molecule has 5 nitrogen and oxygen atoms in total. The minimum atomic E-state index is -3.42. The van der Waals surface area contributed by atoms with Crippen LogP contribution in [0.3, 0.4) is 0 Å². The van der Waals surface area contributed by atoms with E-state index in [2.05, 4.69) is 0 Å². The van der Waals surface area contributed by atoms with E-state index in [-0.39, 0.29) is 11.0 Å². The van der Waals surface area contributed by atoms with Crippen molar-refractivity contribution in [2.45, 2.75) is 17.6 Å². The fourth-order valence-corrected chi connectivity index (χ4v) is 2.90. The molecule has 0 radical (unpaired) electrons. The Bertz CT molecular complexity index is 767. The van der Waals surface area contributed by atoms with E-state index in [4.69, 9.17) is 14.2 Å². The monoisotopic (exact) mass is 334 g/mol. The van der Waals surface area contributed by atoms with Gasteiger partial charge in [0.1, 0.15) is 35.7 Å². The molecule has 1 aliphatic rings. The number of hydrogen-bond acceptors (Lipinski definition) is 5. The molecule has 0 saturated carbocycles. The zero-order valence-corrected chi connectivity index (χ0v) is 13.6. The number of hydrogen-bond donors (Lipinski definition) is 0. The van der Waals surface area contributed by atoms with Crippen molar-refractivity contribution >= 4 is 9.84 Å². The third-order valence-corrected chi connectivity index (χ3v) is 4.51. The summed E-state index contributed by atoms with van der Waals surface area (Å²) in [4.78, 5) is 0.127. The molecule has 1 fully saturated rings. The van der Waals surface area contributed by atoms with Crippen LogP contribution < -0.4 is 9.47 Å². The fourth-order valence-electron chi connectivity index (χ4n) is 2.08. The van der Waals surface area contributed by atoms with Gasteiger partial charge in [-0.3, -0.25) is 0 Å². The normalized spacial score (nSPS) is 16.8. The van der Waals surface area contributed by atoms with E-state index in [0.29, 0.717) is 31.3 Å². The van der Waals surface area contributed by atoms with Crippen LogP contribution in [0, 0.1) is 0 Å². The van der Waals surface area contributed by atoms with Gasteiger partial charge >= 0.3 is 0 Å². The van der Waals surface area contributed by atoms with Crippen molar-refractivity contribution in [3.05, 3.63) is 54.1 Å². The van der Waals surface area contributed by atoms with Gasteiger partial charge in [0.25, 0.3) is 0 Å². The van der Waals surface area contributed by atoms with Crippen molar-refractivity contribution in [1.29, 1.82) is 0 Å². The maximum atomic E-state index is 12.0. The Balaban J connectivity index is 1.77. The second-order valence-corrected chi connectivity index (χ2v) is 7.41. The Hall–Kier alpha value is -2.05. The van der Waals surface area contributed by atoms with Crippen LogP contribution in [-0.2, 0) is 21.2 Å². The highest BCUT2D eigenvalue weighted by Gasteiger charge is 2.23. The lowest BCUT2D eigenvalue weighted by Gasteiger charge is -2.12. The highest BCUT2D eigenvalue weighted by Crippen LogP contribution is 2.29. The van der Waals surface area contributed by atoms with Crippen LogP contribution in [0.1, 0.15) is 5.56 Å². The van der Waals surface area contributed by atoms with E-state index >= 15 is 0 Å². The smallest absolute Gasteiger partial charge is 0.179 e. The average Bonchev–Trinajstić information content (AvgIpc) is 3.36. The molecule has 0 aromatic heterocycles. The van der Waals surface area contributed by atoms with E-state index in [0.717, 1.165) is 11.8 Å². The van der Waals surface area contributed by atoms with Crippen LogP contribution in [0.15, 0.2) is 53.4 Å². The molecule has 1 atom stereocenters. The van der Waals surface area contributed by atoms with Gasteiger partial charge in [0.2, 0.25) is 0 Å². The van der Waals surface area contributed by atoms with Crippen molar-refractivity contribution in [1.82, 2.24) is 0 Å². The summed E-state index contributed by atoms with van der Waals surface area (Å²) in [7, 11) is -3.42. The molecule has 0 N–H and O–H groups in total. The SMILES string of the molecule is CS(=O)(=O)c1cc(OC[C@H]2CO2)ccc1OCc1ccccc1. The summed E-state index contributed by atoms with van der Waals surface area (Å²) in [6.45, 7) is 1.42. The number of benzene rings is 2. The van der Waals surface area contributed by atoms with E-state index in [1.165, 1.54) is 6.07 Å². The summed E-state index contributed by atoms with van der Waals surface area (Å²) >= 11 is 0. The molecule has 0 bridgehead atoms. The largest absolute Gasteiger partial charge is 0.491 e. The molecule has 0 unspecified atom stereocenters. The first kappa shape index (κ1) is 15.8. The summed E-state index contributed by atoms with van der Waals surface area (Å²) in [5.74, 6) is 0.819. The minimum absolute atomic E-state index is 0.116. The van der Waals surface area contributed by atoms with Gasteiger partial charge < -0.3 is 14.2 Å². The molecule has 122 valence electrons. The van der Waals surface area contributed by atoms with E-state index in [9.17, 15) is 8.42 Å². The van der Waals surface area contributed by atoms with Crippen molar-refractivity contribution in [3.63, 3.8) is 0 Å². The number of ether oxygens (including phenoxy) is 3. The Morgan fingerprint density at radius 2 is 1.87 bits per heavy atom. The predicted molar refractivity (Wildman–Crippen MR) is 85.6 cm³/mol. The summed E-state index contributed by atoms with van der Waals surface area (Å²) in [5.41, 5.74) is 0.971. The Kier molecular flexibility index (Phi) is 4.54. The van der Waals surface area contributed by atoms with Crippen LogP contribution in [0.25, 0.3) is 0 Å². The third-order valence-electron chi connectivity index (χ3n) is 3.39. The fraction of sp³-hybridized carbons (Fsp3) is 0.294. The second kappa shape index (κ2) is 6.60. The first-order chi connectivity index (χ1) is 11.0. The first-order valence-corrected chi connectivity index (χ1v) is 9.17. The Labute approximate surface area is 135 Å². The third kappa shape index (κ3) is 4.46. The number of sulfone groups is 1. The minimum Gasteiger partial charge on any atom is -0.491 e. The molecule has 3 rings (SSSR count). The molecule has 0 amide bonds. The molecule has 6 heteroatoms. The molecule has 0 spiro atoms. The first-order valence-electron chi connectivity index (χ1n) is 7.27. The topological polar surface area (TPSA) is 65.1 Å². The van der Waals surface area contributed by atoms with Gasteiger partial charge in [0, 0.05) is 12.3 Å². The lowest BCUT2D eigenvalue weighted by molar-refractivity contribution is 0.260. The lowest BCUT2D eigenvalue weighted by atomic mass is 10.2. The van der Waals surface area contributed by atoms with Crippen LogP contribution in [0.5, 0.6) is 11.5 Å². The molecule has 1 aliphatic heterocycles. The summed E-state index contributed by atoms with van der Waals surface area (Å²) in [6.07, 6.45) is 1.27. The molecule has 1 heterocycles. The van der Waals surface area contributed by atoms with Gasteiger partial charge in [-0.25, -0.2) is 8.42 Å². The van der Waals surface area contributed by atoms with E-state index < -0.39 is 9.84 Å². The number of epoxide rings is 1.